The summed E-state index contributed by atoms with van der Waals surface area (Å²) in [5.74, 6) is -0.227. The van der Waals surface area contributed by atoms with Crippen LogP contribution in [0.15, 0.2) is 59.4 Å². The molecule has 1 saturated heterocycles. The number of unbranched alkanes of at least 4 members (excludes halogenated alkanes) is 1. The molecule has 1 amide bonds. The minimum atomic E-state index is -0.799. The predicted octanol–water partition coefficient (Wildman–Crippen LogP) is 3.08. The van der Waals surface area contributed by atoms with Gasteiger partial charge in [0.2, 0.25) is 5.91 Å². The number of esters is 1. The fraction of sp³-hybridized carbons (Fsp3) is 0.472. The Morgan fingerprint density at radius 1 is 1.02 bits per heavy atom. The van der Waals surface area contributed by atoms with Crippen LogP contribution in [0.2, 0.25) is 0 Å². The quantitative estimate of drug-likeness (QED) is 0.119. The highest BCUT2D eigenvalue weighted by molar-refractivity contribution is 5.82. The van der Waals surface area contributed by atoms with Gasteiger partial charge in [-0.25, -0.2) is 4.79 Å². The zero-order valence-electron chi connectivity index (χ0n) is 28.4. The molecule has 13 nitrogen and oxygen atoms in total. The molecule has 0 saturated carbocycles. The van der Waals surface area contributed by atoms with E-state index in [4.69, 9.17) is 15.2 Å². The molecule has 0 unspecified atom stereocenters. The molecule has 0 aliphatic carbocycles. The van der Waals surface area contributed by atoms with Gasteiger partial charge >= 0.3 is 17.7 Å². The molecular formula is C36H47N7O6. The van der Waals surface area contributed by atoms with Gasteiger partial charge in [-0.05, 0) is 42.4 Å². The van der Waals surface area contributed by atoms with Crippen LogP contribution in [0.25, 0.3) is 11.2 Å². The number of methoxy groups -OCH3 is 1. The van der Waals surface area contributed by atoms with E-state index in [-0.39, 0.29) is 42.4 Å². The predicted molar refractivity (Wildman–Crippen MR) is 186 cm³/mol. The van der Waals surface area contributed by atoms with Gasteiger partial charge in [0, 0.05) is 39.1 Å². The topological polar surface area (TPSA) is 169 Å². The molecule has 0 spiro atoms. The number of fused-ring (bicyclic) bond motifs is 1. The number of H-pyrrole nitrogens is 1. The molecule has 3 heterocycles. The van der Waals surface area contributed by atoms with Gasteiger partial charge in [0.1, 0.15) is 5.52 Å². The summed E-state index contributed by atoms with van der Waals surface area (Å²) >= 11 is 0. The Hall–Kier alpha value is -4.75. The van der Waals surface area contributed by atoms with E-state index >= 15 is 0 Å². The van der Waals surface area contributed by atoms with Crippen molar-refractivity contribution in [2.75, 3.05) is 45.6 Å². The average molecular weight is 674 g/mol. The number of aryl methyl sites for hydroxylation is 1. The smallest absolute Gasteiger partial charge is 0.327 e. The van der Waals surface area contributed by atoms with Crippen molar-refractivity contribution in [3.8, 4) is 6.01 Å². The largest absolute Gasteiger partial charge is 0.469 e. The maximum absolute atomic E-state index is 13.8. The first-order chi connectivity index (χ1) is 23.7. The summed E-state index contributed by atoms with van der Waals surface area (Å²) in [4.78, 5) is 53.8. The zero-order chi connectivity index (χ0) is 34.8. The Labute approximate surface area is 286 Å². The maximum Gasteiger partial charge on any atom is 0.327 e. The number of nitrogens with one attached hydrogen (secondary N) is 1. The Kier molecular flexibility index (Phi) is 12.0. The lowest BCUT2D eigenvalue weighted by atomic mass is 9.85. The molecule has 1 aliphatic heterocycles. The van der Waals surface area contributed by atoms with Crippen LogP contribution in [0.1, 0.15) is 55.7 Å². The van der Waals surface area contributed by atoms with E-state index in [9.17, 15) is 19.5 Å². The summed E-state index contributed by atoms with van der Waals surface area (Å²) in [5.41, 5.74) is 8.51. The first-order valence-corrected chi connectivity index (χ1v) is 17.0. The Morgan fingerprint density at radius 2 is 1.73 bits per heavy atom. The number of rotatable bonds is 16. The lowest BCUT2D eigenvalue weighted by Gasteiger charge is -2.38. The van der Waals surface area contributed by atoms with Crippen molar-refractivity contribution in [2.24, 2.45) is 0 Å². The van der Waals surface area contributed by atoms with Crippen LogP contribution in [0.4, 0.5) is 5.82 Å². The molecule has 1 aliphatic rings. The molecule has 4 N–H and O–H groups in total. The first kappa shape index (κ1) is 35.6. The number of imidazole rings is 1. The number of nitrogens with two attached hydrogens (primary N) is 1. The highest BCUT2D eigenvalue weighted by atomic mass is 16.5. The second-order valence-corrected chi connectivity index (χ2v) is 12.8. The second kappa shape index (κ2) is 16.6. The third-order valence-corrected chi connectivity index (χ3v) is 9.02. The average Bonchev–Trinajstić information content (AvgIpc) is 3.41. The molecule has 1 fully saturated rings. The molecule has 262 valence electrons. The van der Waals surface area contributed by atoms with E-state index in [1.165, 1.54) is 11.7 Å². The molecule has 0 radical (unpaired) electrons. The summed E-state index contributed by atoms with van der Waals surface area (Å²) in [6, 6.07) is 17.6. The molecule has 0 bridgehead atoms. The number of nitrogen functional groups attached to an aromatic ring is 1. The standard InChI is InChI=1S/C36H47N7O6/c1-3-4-21-49-34-39-32(37)31-33(40-34)43(35(46)38-31)18-8-17-42(24-28-13-11-26(12-14-28)22-30(45)48-2)29(44)25-41-19-15-36(47,16-20-41)23-27-9-6-5-7-10-27/h5-7,9-14,47H,3-4,8,15-25H2,1-2H3,(H,38,46)(H2,37,39,40). The number of aliphatic hydroxyl groups is 1. The van der Waals surface area contributed by atoms with Crippen molar-refractivity contribution in [3.63, 3.8) is 0 Å². The monoisotopic (exact) mass is 673 g/mol. The molecule has 49 heavy (non-hydrogen) atoms. The number of aromatic nitrogens is 4. The number of piperidine rings is 1. The minimum absolute atomic E-state index is 0.0448. The van der Waals surface area contributed by atoms with Gasteiger partial charge in [0.15, 0.2) is 11.5 Å². The number of ether oxygens (including phenoxy) is 2. The number of carbonyl (C=O) groups is 2. The highest BCUT2D eigenvalue weighted by Crippen LogP contribution is 2.26. The van der Waals surface area contributed by atoms with Crippen molar-refractivity contribution in [2.45, 2.75) is 70.6 Å². The van der Waals surface area contributed by atoms with E-state index in [2.05, 4.69) is 26.8 Å². The van der Waals surface area contributed by atoms with E-state index in [1.54, 1.807) is 4.90 Å². The van der Waals surface area contributed by atoms with Gasteiger partial charge in [-0.1, -0.05) is 67.9 Å². The fourth-order valence-electron chi connectivity index (χ4n) is 6.12. The van der Waals surface area contributed by atoms with Gasteiger partial charge in [0.05, 0.1) is 32.3 Å². The van der Waals surface area contributed by atoms with Crippen LogP contribution in [0.5, 0.6) is 6.01 Å². The summed E-state index contributed by atoms with van der Waals surface area (Å²) in [5, 5.41) is 11.3. The van der Waals surface area contributed by atoms with Crippen molar-refractivity contribution in [1.82, 2.24) is 29.3 Å². The summed E-state index contributed by atoms with van der Waals surface area (Å²) in [6.07, 6.45) is 4.18. The zero-order valence-corrected chi connectivity index (χ0v) is 28.4. The van der Waals surface area contributed by atoms with Gasteiger partial charge in [0.25, 0.3) is 0 Å². The summed E-state index contributed by atoms with van der Waals surface area (Å²) in [6.45, 7) is 4.97. The summed E-state index contributed by atoms with van der Waals surface area (Å²) in [7, 11) is 1.36. The van der Waals surface area contributed by atoms with Crippen molar-refractivity contribution in [3.05, 3.63) is 81.8 Å². The molecular weight excluding hydrogens is 626 g/mol. The third kappa shape index (κ3) is 9.67. The number of hydrogen-bond acceptors (Lipinski definition) is 10. The van der Waals surface area contributed by atoms with Crippen molar-refractivity contribution in [1.29, 1.82) is 0 Å². The first-order valence-electron chi connectivity index (χ1n) is 17.0. The third-order valence-electron chi connectivity index (χ3n) is 9.02. The fourth-order valence-corrected chi connectivity index (χ4v) is 6.12. The number of likely N-dealkylation sites (tertiary alicyclic amines) is 1. The van der Waals surface area contributed by atoms with Crippen LogP contribution >= 0.6 is 0 Å². The number of hydrogen-bond donors (Lipinski definition) is 3. The van der Waals surface area contributed by atoms with Crippen LogP contribution in [0.3, 0.4) is 0 Å². The van der Waals surface area contributed by atoms with E-state index in [0.717, 1.165) is 29.5 Å². The SMILES string of the molecule is CCCCOc1nc(N)c2[nH]c(=O)n(CCCN(Cc3ccc(CC(=O)OC)cc3)C(=O)CN3CCC(O)(Cc4ccccc4)CC3)c2n1. The van der Waals surface area contributed by atoms with E-state index in [1.807, 2.05) is 54.6 Å². The number of benzene rings is 2. The molecule has 13 heteroatoms. The lowest BCUT2D eigenvalue weighted by Crippen LogP contribution is -2.49. The van der Waals surface area contributed by atoms with Crippen LogP contribution in [-0.4, -0.2) is 91.8 Å². The molecule has 2 aromatic carbocycles. The van der Waals surface area contributed by atoms with E-state index in [0.29, 0.717) is 76.2 Å². The Morgan fingerprint density at radius 3 is 2.43 bits per heavy atom. The van der Waals surface area contributed by atoms with Crippen LogP contribution in [0, 0.1) is 0 Å². The Balaban J connectivity index is 1.26. The van der Waals surface area contributed by atoms with E-state index < -0.39 is 5.60 Å². The molecule has 2 aromatic heterocycles. The highest BCUT2D eigenvalue weighted by Gasteiger charge is 2.33. The van der Waals surface area contributed by atoms with Crippen LogP contribution in [-0.2, 0) is 40.3 Å². The molecule has 4 aromatic rings. The number of anilines is 1. The molecule has 5 rings (SSSR count). The van der Waals surface area contributed by atoms with Gasteiger partial charge in [-0.2, -0.15) is 9.97 Å². The number of carbonyl (C=O) groups excluding carboxylic acids is 2. The van der Waals surface area contributed by atoms with Gasteiger partial charge in [-0.3, -0.25) is 19.1 Å². The number of nitrogens with zero attached hydrogens (tertiary/aromatic N) is 5. The lowest BCUT2D eigenvalue weighted by molar-refractivity contribution is -0.139. The van der Waals surface area contributed by atoms with Gasteiger partial charge < -0.3 is 30.2 Å². The molecule has 0 atom stereocenters. The normalized spacial score (nSPS) is 14.5. The second-order valence-electron chi connectivity index (χ2n) is 12.8. The maximum atomic E-state index is 13.8. The number of amides is 1. The minimum Gasteiger partial charge on any atom is -0.469 e. The number of aromatic amines is 1. The Bertz CT molecular complexity index is 1750. The van der Waals surface area contributed by atoms with Crippen molar-refractivity contribution >= 4 is 28.9 Å². The van der Waals surface area contributed by atoms with Crippen LogP contribution < -0.4 is 16.2 Å². The van der Waals surface area contributed by atoms with Gasteiger partial charge in [-0.15, -0.1) is 0 Å². The van der Waals surface area contributed by atoms with Crippen molar-refractivity contribution < 1.29 is 24.2 Å². The summed E-state index contributed by atoms with van der Waals surface area (Å²) < 4.78 is 11.9.